The average molecular weight is 323 g/mol. The van der Waals surface area contributed by atoms with Crippen molar-refractivity contribution in [2.75, 3.05) is 5.32 Å². The zero-order valence-electron chi connectivity index (χ0n) is 13.0. The van der Waals surface area contributed by atoms with E-state index in [4.69, 9.17) is 4.42 Å². The summed E-state index contributed by atoms with van der Waals surface area (Å²) in [5.41, 5.74) is 3.15. The fourth-order valence-electron chi connectivity index (χ4n) is 2.70. The number of fused-ring (bicyclic) bond motifs is 2. The van der Waals surface area contributed by atoms with E-state index in [1.54, 1.807) is 36.0 Å². The molecule has 120 valence electrons. The van der Waals surface area contributed by atoms with Crippen molar-refractivity contribution in [1.82, 2.24) is 19.7 Å². The SMILES string of the molecule is Cc1nn(C)c2ncc(C(=O)Nc3cccc4[nH]c(=O)oc34)cc12. The highest BCUT2D eigenvalue weighted by Gasteiger charge is 2.14. The number of carbonyl (C=O) groups excluding carboxylic acids is 1. The zero-order valence-corrected chi connectivity index (χ0v) is 13.0. The third-order valence-corrected chi connectivity index (χ3v) is 3.82. The number of aromatic amines is 1. The standard InChI is InChI=1S/C16H13N5O3/c1-8-10-6-9(7-17-14(10)21(2)20-8)15(22)18-11-4-3-5-12-13(11)24-16(23)19-12/h3-7H,1-2H3,(H,18,22)(H,19,23). The Morgan fingerprint density at radius 3 is 3.04 bits per heavy atom. The summed E-state index contributed by atoms with van der Waals surface area (Å²) in [6.45, 7) is 1.86. The van der Waals surface area contributed by atoms with Crippen LogP contribution in [0.5, 0.6) is 0 Å². The number of benzene rings is 1. The monoisotopic (exact) mass is 323 g/mol. The van der Waals surface area contributed by atoms with Crippen molar-refractivity contribution >= 4 is 33.7 Å². The van der Waals surface area contributed by atoms with Crippen molar-refractivity contribution in [1.29, 1.82) is 0 Å². The molecule has 1 amide bonds. The van der Waals surface area contributed by atoms with E-state index in [1.165, 1.54) is 6.20 Å². The van der Waals surface area contributed by atoms with Gasteiger partial charge in [0.25, 0.3) is 5.91 Å². The molecular formula is C16H13N5O3. The Balaban J connectivity index is 1.73. The van der Waals surface area contributed by atoms with Gasteiger partial charge in [0.2, 0.25) is 0 Å². The first-order chi connectivity index (χ1) is 11.5. The molecular weight excluding hydrogens is 310 g/mol. The largest absolute Gasteiger partial charge is 0.417 e. The summed E-state index contributed by atoms with van der Waals surface area (Å²) in [6, 6.07) is 6.82. The minimum Gasteiger partial charge on any atom is -0.406 e. The predicted octanol–water partition coefficient (Wildman–Crippen LogP) is 1.96. The first kappa shape index (κ1) is 14.2. The quantitative estimate of drug-likeness (QED) is 0.586. The molecule has 0 aliphatic heterocycles. The lowest BCUT2D eigenvalue weighted by Crippen LogP contribution is -2.12. The van der Waals surface area contributed by atoms with Crippen LogP contribution in [-0.4, -0.2) is 25.7 Å². The Kier molecular flexibility index (Phi) is 2.99. The van der Waals surface area contributed by atoms with E-state index in [-0.39, 0.29) is 5.91 Å². The fourth-order valence-corrected chi connectivity index (χ4v) is 2.70. The van der Waals surface area contributed by atoms with Crippen LogP contribution in [0.15, 0.2) is 39.7 Å². The number of nitrogens with one attached hydrogen (secondary N) is 2. The molecule has 0 aliphatic rings. The van der Waals surface area contributed by atoms with Gasteiger partial charge < -0.3 is 9.73 Å². The molecule has 0 unspecified atom stereocenters. The second-order valence-electron chi connectivity index (χ2n) is 5.46. The Bertz CT molecular complexity index is 1150. The number of aryl methyl sites for hydroxylation is 2. The van der Waals surface area contributed by atoms with E-state index in [0.29, 0.717) is 28.0 Å². The van der Waals surface area contributed by atoms with Crippen LogP contribution in [0.2, 0.25) is 0 Å². The van der Waals surface area contributed by atoms with Gasteiger partial charge in [-0.1, -0.05) is 6.07 Å². The molecule has 0 bridgehead atoms. The minimum atomic E-state index is -0.569. The second kappa shape index (κ2) is 5.05. The Morgan fingerprint density at radius 2 is 2.21 bits per heavy atom. The summed E-state index contributed by atoms with van der Waals surface area (Å²) < 4.78 is 6.74. The van der Waals surface area contributed by atoms with Crippen LogP contribution in [0, 0.1) is 6.92 Å². The highest BCUT2D eigenvalue weighted by molar-refractivity contribution is 6.08. The van der Waals surface area contributed by atoms with E-state index >= 15 is 0 Å². The lowest BCUT2D eigenvalue weighted by molar-refractivity contribution is 0.102. The molecule has 4 aromatic rings. The topological polar surface area (TPSA) is 106 Å². The van der Waals surface area contributed by atoms with E-state index in [0.717, 1.165) is 11.1 Å². The molecule has 0 atom stereocenters. The number of amides is 1. The number of anilines is 1. The van der Waals surface area contributed by atoms with Gasteiger partial charge in [-0.15, -0.1) is 0 Å². The summed E-state index contributed by atoms with van der Waals surface area (Å²) >= 11 is 0. The van der Waals surface area contributed by atoms with Crippen LogP contribution in [-0.2, 0) is 7.05 Å². The number of H-pyrrole nitrogens is 1. The van der Waals surface area contributed by atoms with Crippen molar-refractivity contribution in [3.05, 3.63) is 52.3 Å². The number of nitrogens with zero attached hydrogens (tertiary/aromatic N) is 3. The third-order valence-electron chi connectivity index (χ3n) is 3.82. The van der Waals surface area contributed by atoms with Gasteiger partial charge in [-0.2, -0.15) is 5.10 Å². The van der Waals surface area contributed by atoms with E-state index in [1.807, 2.05) is 6.92 Å². The van der Waals surface area contributed by atoms with Gasteiger partial charge in [0, 0.05) is 18.6 Å². The van der Waals surface area contributed by atoms with Crippen LogP contribution in [0.25, 0.3) is 22.1 Å². The molecule has 2 N–H and O–H groups in total. The van der Waals surface area contributed by atoms with Crippen molar-refractivity contribution < 1.29 is 9.21 Å². The molecule has 24 heavy (non-hydrogen) atoms. The molecule has 0 saturated carbocycles. The molecule has 8 heteroatoms. The molecule has 1 aromatic carbocycles. The van der Waals surface area contributed by atoms with Gasteiger partial charge in [0.1, 0.15) is 0 Å². The summed E-state index contributed by atoms with van der Waals surface area (Å²) in [6.07, 6.45) is 1.49. The number of carbonyl (C=O) groups is 1. The maximum absolute atomic E-state index is 12.5. The molecule has 4 rings (SSSR count). The van der Waals surface area contributed by atoms with E-state index < -0.39 is 5.76 Å². The maximum Gasteiger partial charge on any atom is 0.417 e. The molecule has 0 radical (unpaired) electrons. The summed E-state index contributed by atoms with van der Waals surface area (Å²) in [5, 5.41) is 7.85. The van der Waals surface area contributed by atoms with Gasteiger partial charge >= 0.3 is 5.76 Å². The highest BCUT2D eigenvalue weighted by atomic mass is 16.4. The average Bonchev–Trinajstić information content (AvgIpc) is 3.07. The number of oxazole rings is 1. The van der Waals surface area contributed by atoms with Crippen LogP contribution in [0.3, 0.4) is 0 Å². The Hall–Kier alpha value is -3.42. The fraction of sp³-hybridized carbons (Fsp3) is 0.125. The molecule has 3 heterocycles. The van der Waals surface area contributed by atoms with E-state index in [9.17, 15) is 9.59 Å². The highest BCUT2D eigenvalue weighted by Crippen LogP contribution is 2.22. The molecule has 0 saturated heterocycles. The first-order valence-corrected chi connectivity index (χ1v) is 7.25. The number of hydrogen-bond donors (Lipinski definition) is 2. The Labute approximate surface area is 135 Å². The lowest BCUT2D eigenvalue weighted by atomic mass is 10.2. The molecule has 3 aromatic heterocycles. The van der Waals surface area contributed by atoms with Crippen molar-refractivity contribution in [3.63, 3.8) is 0 Å². The second-order valence-corrected chi connectivity index (χ2v) is 5.46. The molecule has 8 nitrogen and oxygen atoms in total. The predicted molar refractivity (Wildman–Crippen MR) is 88.0 cm³/mol. The number of para-hydroxylation sites is 1. The maximum atomic E-state index is 12.5. The molecule has 0 spiro atoms. The van der Waals surface area contributed by atoms with Gasteiger partial charge in [-0.25, -0.2) is 9.78 Å². The summed E-state index contributed by atoms with van der Waals surface area (Å²) in [7, 11) is 1.80. The number of hydrogen-bond acceptors (Lipinski definition) is 5. The van der Waals surface area contributed by atoms with Gasteiger partial charge in [-0.05, 0) is 25.1 Å². The van der Waals surface area contributed by atoms with Gasteiger partial charge in [0.15, 0.2) is 11.2 Å². The van der Waals surface area contributed by atoms with E-state index in [2.05, 4.69) is 20.4 Å². The number of aromatic nitrogens is 4. The molecule has 0 aliphatic carbocycles. The van der Waals surface area contributed by atoms with Gasteiger partial charge in [0.05, 0.1) is 22.5 Å². The van der Waals surface area contributed by atoms with Crippen molar-refractivity contribution in [2.24, 2.45) is 7.05 Å². The lowest BCUT2D eigenvalue weighted by Gasteiger charge is -2.05. The van der Waals surface area contributed by atoms with Gasteiger partial charge in [-0.3, -0.25) is 14.5 Å². The Morgan fingerprint density at radius 1 is 1.38 bits per heavy atom. The van der Waals surface area contributed by atoms with Crippen molar-refractivity contribution in [2.45, 2.75) is 6.92 Å². The van der Waals surface area contributed by atoms with Crippen LogP contribution < -0.4 is 11.1 Å². The molecule has 0 fully saturated rings. The number of rotatable bonds is 2. The van der Waals surface area contributed by atoms with Crippen LogP contribution in [0.1, 0.15) is 16.1 Å². The normalized spacial score (nSPS) is 11.2. The summed E-state index contributed by atoms with van der Waals surface area (Å²) in [5.74, 6) is -0.912. The minimum absolute atomic E-state index is 0.308. The van der Waals surface area contributed by atoms with Crippen molar-refractivity contribution in [3.8, 4) is 0 Å². The van der Waals surface area contributed by atoms with Crippen LogP contribution >= 0.6 is 0 Å². The van der Waals surface area contributed by atoms with Crippen LogP contribution in [0.4, 0.5) is 5.69 Å². The number of pyridine rings is 1. The zero-order chi connectivity index (χ0) is 16.8. The third kappa shape index (κ3) is 2.16. The smallest absolute Gasteiger partial charge is 0.406 e. The first-order valence-electron chi connectivity index (χ1n) is 7.25. The summed E-state index contributed by atoms with van der Waals surface area (Å²) in [4.78, 5) is 30.7.